The Labute approximate surface area is 80.3 Å². The van der Waals surface area contributed by atoms with Gasteiger partial charge < -0.3 is 10.2 Å². The molecule has 1 heterocycles. The van der Waals surface area contributed by atoms with Crippen molar-refractivity contribution in [3.8, 4) is 0 Å². The number of carbonyl (C=O) groups excluding carboxylic acids is 1. The minimum Gasteiger partial charge on any atom is -0.341 e. The highest BCUT2D eigenvalue weighted by atomic mass is 19.4. The van der Waals surface area contributed by atoms with Crippen molar-refractivity contribution in [2.75, 3.05) is 20.1 Å². The average molecular weight is 210 g/mol. The lowest BCUT2D eigenvalue weighted by Crippen LogP contribution is -2.35. The van der Waals surface area contributed by atoms with Crippen LogP contribution >= 0.6 is 0 Å². The minimum atomic E-state index is -4.39. The molecule has 0 aromatic heterocycles. The zero-order valence-corrected chi connectivity index (χ0v) is 7.90. The molecule has 0 aromatic carbocycles. The van der Waals surface area contributed by atoms with Crippen molar-refractivity contribution in [2.24, 2.45) is 0 Å². The molecule has 6 heteroatoms. The molecular formula is C8H13F3N2O. The topological polar surface area (TPSA) is 32.3 Å². The van der Waals surface area contributed by atoms with Crippen LogP contribution in [0.25, 0.3) is 0 Å². The Morgan fingerprint density at radius 2 is 2.21 bits per heavy atom. The molecule has 1 saturated heterocycles. The number of nitrogens with one attached hydrogen (secondary N) is 1. The number of hydrogen-bond acceptors (Lipinski definition) is 2. The number of rotatable bonds is 2. The van der Waals surface area contributed by atoms with Gasteiger partial charge in [-0.15, -0.1) is 0 Å². The van der Waals surface area contributed by atoms with E-state index in [-0.39, 0.29) is 6.04 Å². The molecule has 1 aliphatic rings. The third-order valence-corrected chi connectivity index (χ3v) is 2.30. The van der Waals surface area contributed by atoms with Crippen LogP contribution in [0, 0.1) is 0 Å². The van der Waals surface area contributed by atoms with Crippen LogP contribution in [0.2, 0.25) is 0 Å². The van der Waals surface area contributed by atoms with E-state index in [1.165, 1.54) is 4.90 Å². The summed E-state index contributed by atoms with van der Waals surface area (Å²) in [5.74, 6) is -0.824. The second-order valence-electron chi connectivity index (χ2n) is 3.41. The van der Waals surface area contributed by atoms with E-state index in [1.54, 1.807) is 7.05 Å². The van der Waals surface area contributed by atoms with Crippen LogP contribution in [0.3, 0.4) is 0 Å². The van der Waals surface area contributed by atoms with Crippen LogP contribution < -0.4 is 5.32 Å². The highest BCUT2D eigenvalue weighted by Gasteiger charge is 2.35. The zero-order valence-electron chi connectivity index (χ0n) is 7.90. The molecule has 82 valence electrons. The number of halogens is 3. The van der Waals surface area contributed by atoms with Crippen molar-refractivity contribution >= 4 is 5.91 Å². The van der Waals surface area contributed by atoms with E-state index in [1.807, 2.05) is 0 Å². The number of likely N-dealkylation sites (N-methyl/N-ethyl adjacent to an activating group) is 1. The number of hydrogen-bond donors (Lipinski definition) is 1. The third-order valence-electron chi connectivity index (χ3n) is 2.30. The molecule has 0 aliphatic carbocycles. The molecule has 0 radical (unpaired) electrons. The van der Waals surface area contributed by atoms with Crippen LogP contribution in [-0.4, -0.2) is 43.2 Å². The summed E-state index contributed by atoms with van der Waals surface area (Å²) in [6, 6.07) is 0.132. The van der Waals surface area contributed by atoms with Gasteiger partial charge in [0.15, 0.2) is 0 Å². The van der Waals surface area contributed by atoms with E-state index in [2.05, 4.69) is 5.32 Å². The maximum absolute atomic E-state index is 11.9. The Balaban J connectivity index is 2.40. The highest BCUT2D eigenvalue weighted by Crippen LogP contribution is 2.22. The smallest absolute Gasteiger partial charge is 0.341 e. The quantitative estimate of drug-likeness (QED) is 0.729. The lowest BCUT2D eigenvalue weighted by molar-refractivity contribution is -0.160. The van der Waals surface area contributed by atoms with Crippen LogP contribution in [0.1, 0.15) is 12.8 Å². The number of amides is 1. The van der Waals surface area contributed by atoms with E-state index in [0.29, 0.717) is 13.1 Å². The maximum atomic E-state index is 11.9. The van der Waals surface area contributed by atoms with Crippen molar-refractivity contribution in [2.45, 2.75) is 25.1 Å². The normalized spacial score (nSPS) is 22.9. The SMILES string of the molecule is CNC1CCN(C(=O)CC(F)(F)F)C1. The van der Waals surface area contributed by atoms with Gasteiger partial charge in [0.1, 0.15) is 6.42 Å². The fourth-order valence-corrected chi connectivity index (χ4v) is 1.51. The molecule has 1 aliphatic heterocycles. The van der Waals surface area contributed by atoms with Gasteiger partial charge in [0, 0.05) is 19.1 Å². The molecule has 3 nitrogen and oxygen atoms in total. The highest BCUT2D eigenvalue weighted by molar-refractivity contribution is 5.77. The van der Waals surface area contributed by atoms with Gasteiger partial charge >= 0.3 is 6.18 Å². The van der Waals surface area contributed by atoms with E-state index < -0.39 is 18.5 Å². The Bertz CT molecular complexity index is 217. The van der Waals surface area contributed by atoms with E-state index >= 15 is 0 Å². The molecule has 1 N–H and O–H groups in total. The Morgan fingerprint density at radius 3 is 2.64 bits per heavy atom. The fraction of sp³-hybridized carbons (Fsp3) is 0.875. The minimum absolute atomic E-state index is 0.132. The van der Waals surface area contributed by atoms with Crippen LogP contribution in [0.4, 0.5) is 13.2 Å². The predicted molar refractivity (Wildman–Crippen MR) is 44.7 cm³/mol. The summed E-state index contributed by atoms with van der Waals surface area (Å²) >= 11 is 0. The first kappa shape index (κ1) is 11.3. The first-order valence-electron chi connectivity index (χ1n) is 4.44. The van der Waals surface area contributed by atoms with Gasteiger partial charge in [-0.3, -0.25) is 4.79 Å². The lowest BCUT2D eigenvalue weighted by Gasteiger charge is -2.17. The summed E-state index contributed by atoms with van der Waals surface area (Å²) in [4.78, 5) is 12.4. The molecule has 1 unspecified atom stereocenters. The third kappa shape index (κ3) is 3.17. The average Bonchev–Trinajstić information content (AvgIpc) is 2.48. The van der Waals surface area contributed by atoms with Crippen LogP contribution in [0.15, 0.2) is 0 Å². The molecule has 1 amide bonds. The van der Waals surface area contributed by atoms with Crippen LogP contribution in [-0.2, 0) is 4.79 Å². The van der Waals surface area contributed by atoms with Gasteiger partial charge in [-0.1, -0.05) is 0 Å². The fourth-order valence-electron chi connectivity index (χ4n) is 1.51. The Hall–Kier alpha value is -0.780. The first-order valence-corrected chi connectivity index (χ1v) is 4.44. The summed E-state index contributed by atoms with van der Waals surface area (Å²) in [6.07, 6.45) is -5.02. The number of carbonyl (C=O) groups is 1. The first-order chi connectivity index (χ1) is 6.42. The Morgan fingerprint density at radius 1 is 1.57 bits per heavy atom. The van der Waals surface area contributed by atoms with Crippen molar-refractivity contribution in [1.82, 2.24) is 10.2 Å². The monoisotopic (exact) mass is 210 g/mol. The van der Waals surface area contributed by atoms with Crippen molar-refractivity contribution in [3.63, 3.8) is 0 Å². The van der Waals surface area contributed by atoms with Gasteiger partial charge in [0.25, 0.3) is 0 Å². The summed E-state index contributed by atoms with van der Waals surface area (Å²) < 4.78 is 35.6. The largest absolute Gasteiger partial charge is 0.397 e. The van der Waals surface area contributed by atoms with Crippen molar-refractivity contribution in [3.05, 3.63) is 0 Å². The molecule has 0 spiro atoms. The predicted octanol–water partition coefficient (Wildman–Crippen LogP) is 0.759. The second-order valence-corrected chi connectivity index (χ2v) is 3.41. The van der Waals surface area contributed by atoms with Gasteiger partial charge in [0.2, 0.25) is 5.91 Å². The van der Waals surface area contributed by atoms with Crippen molar-refractivity contribution in [1.29, 1.82) is 0 Å². The number of alkyl halides is 3. The summed E-state index contributed by atoms with van der Waals surface area (Å²) in [6.45, 7) is 0.797. The van der Waals surface area contributed by atoms with Gasteiger partial charge in [-0.25, -0.2) is 0 Å². The van der Waals surface area contributed by atoms with E-state index in [0.717, 1.165) is 6.42 Å². The van der Waals surface area contributed by atoms with E-state index in [4.69, 9.17) is 0 Å². The number of likely N-dealkylation sites (tertiary alicyclic amines) is 1. The van der Waals surface area contributed by atoms with Gasteiger partial charge in [0.05, 0.1) is 0 Å². The number of nitrogens with zero attached hydrogens (tertiary/aromatic N) is 1. The van der Waals surface area contributed by atoms with E-state index in [9.17, 15) is 18.0 Å². The molecule has 0 bridgehead atoms. The Kier molecular flexibility index (Phi) is 3.36. The summed E-state index contributed by atoms with van der Waals surface area (Å²) in [5, 5.41) is 2.94. The maximum Gasteiger partial charge on any atom is 0.397 e. The van der Waals surface area contributed by atoms with Gasteiger partial charge in [-0.05, 0) is 13.5 Å². The standard InChI is InChI=1S/C8H13F3N2O/c1-12-6-2-3-13(5-6)7(14)4-8(9,10)11/h6,12H,2-5H2,1H3. The second kappa shape index (κ2) is 4.16. The molecule has 14 heavy (non-hydrogen) atoms. The van der Waals surface area contributed by atoms with Crippen molar-refractivity contribution < 1.29 is 18.0 Å². The zero-order chi connectivity index (χ0) is 10.8. The summed E-state index contributed by atoms with van der Waals surface area (Å²) in [5.41, 5.74) is 0. The molecule has 1 atom stereocenters. The lowest BCUT2D eigenvalue weighted by atomic mass is 10.3. The van der Waals surface area contributed by atoms with Gasteiger partial charge in [-0.2, -0.15) is 13.2 Å². The molecular weight excluding hydrogens is 197 g/mol. The molecule has 0 aromatic rings. The summed E-state index contributed by atoms with van der Waals surface area (Å²) in [7, 11) is 1.74. The van der Waals surface area contributed by atoms with Crippen LogP contribution in [0.5, 0.6) is 0 Å². The molecule has 1 rings (SSSR count). The molecule has 0 saturated carbocycles. The molecule has 1 fully saturated rings.